The Labute approximate surface area is 126 Å². The standard InChI is InChI=1S/C15H11BrF2N2O/c16-9-1-2-10-11(6-9)13-8(3-4-20-14(13)21)5-12(10)15(17,18)7-19/h1-6H,7,19H2,(H,20,21). The van der Waals surface area contributed by atoms with Gasteiger partial charge < -0.3 is 10.7 Å². The van der Waals surface area contributed by atoms with E-state index in [1.165, 1.54) is 12.3 Å². The Morgan fingerprint density at radius 1 is 1.19 bits per heavy atom. The minimum absolute atomic E-state index is 0.161. The zero-order valence-electron chi connectivity index (χ0n) is 10.8. The van der Waals surface area contributed by atoms with Crippen molar-refractivity contribution in [2.45, 2.75) is 5.92 Å². The number of fused-ring (bicyclic) bond motifs is 3. The monoisotopic (exact) mass is 352 g/mol. The quantitative estimate of drug-likeness (QED) is 0.693. The van der Waals surface area contributed by atoms with E-state index in [9.17, 15) is 13.6 Å². The highest BCUT2D eigenvalue weighted by atomic mass is 79.9. The molecule has 6 heteroatoms. The predicted molar refractivity (Wildman–Crippen MR) is 82.7 cm³/mol. The third-order valence-electron chi connectivity index (χ3n) is 3.48. The molecule has 0 radical (unpaired) electrons. The maximum atomic E-state index is 14.1. The lowest BCUT2D eigenvalue weighted by atomic mass is 9.95. The lowest BCUT2D eigenvalue weighted by molar-refractivity contribution is 0.00765. The summed E-state index contributed by atoms with van der Waals surface area (Å²) in [6.07, 6.45) is 1.44. The lowest BCUT2D eigenvalue weighted by Crippen LogP contribution is -2.25. The molecule has 0 saturated carbocycles. The molecule has 0 unspecified atom stereocenters. The van der Waals surface area contributed by atoms with Crippen LogP contribution in [-0.2, 0) is 5.92 Å². The summed E-state index contributed by atoms with van der Waals surface area (Å²) in [6.45, 7) is -0.785. The van der Waals surface area contributed by atoms with Gasteiger partial charge in [-0.2, -0.15) is 8.78 Å². The molecule has 0 atom stereocenters. The molecule has 0 spiro atoms. The second kappa shape index (κ2) is 4.89. The van der Waals surface area contributed by atoms with Crippen LogP contribution in [0.2, 0.25) is 0 Å². The molecule has 1 heterocycles. The fourth-order valence-electron chi connectivity index (χ4n) is 2.50. The Balaban J connectivity index is 2.58. The molecule has 3 rings (SSSR count). The third kappa shape index (κ3) is 2.24. The molecule has 21 heavy (non-hydrogen) atoms. The molecule has 3 N–H and O–H groups in total. The van der Waals surface area contributed by atoms with Crippen LogP contribution in [0.1, 0.15) is 5.56 Å². The summed E-state index contributed by atoms with van der Waals surface area (Å²) in [5.41, 5.74) is 4.74. The Hall–Kier alpha value is -1.79. The average molecular weight is 353 g/mol. The van der Waals surface area contributed by atoms with E-state index in [1.807, 2.05) is 0 Å². The smallest absolute Gasteiger partial charge is 0.285 e. The summed E-state index contributed by atoms with van der Waals surface area (Å²) in [5, 5.41) is 1.67. The summed E-state index contributed by atoms with van der Waals surface area (Å²) in [6, 6.07) is 7.86. The van der Waals surface area contributed by atoms with Crippen LogP contribution in [0.4, 0.5) is 8.78 Å². The Morgan fingerprint density at radius 2 is 1.95 bits per heavy atom. The van der Waals surface area contributed by atoms with E-state index in [0.717, 1.165) is 0 Å². The highest BCUT2D eigenvalue weighted by molar-refractivity contribution is 9.10. The molecule has 3 nitrogen and oxygen atoms in total. The zero-order chi connectivity index (χ0) is 15.2. The Morgan fingerprint density at radius 3 is 2.67 bits per heavy atom. The number of alkyl halides is 2. The second-order valence-corrected chi connectivity index (χ2v) is 5.71. The molecule has 0 fully saturated rings. The summed E-state index contributed by atoms with van der Waals surface area (Å²) in [7, 11) is 0. The van der Waals surface area contributed by atoms with Gasteiger partial charge in [-0.3, -0.25) is 4.79 Å². The van der Waals surface area contributed by atoms with Gasteiger partial charge in [-0.05, 0) is 40.4 Å². The second-order valence-electron chi connectivity index (χ2n) is 4.79. The number of nitrogens with one attached hydrogen (secondary N) is 1. The van der Waals surface area contributed by atoms with Crippen molar-refractivity contribution < 1.29 is 8.78 Å². The van der Waals surface area contributed by atoms with E-state index >= 15 is 0 Å². The van der Waals surface area contributed by atoms with Crippen molar-refractivity contribution in [3.05, 3.63) is 56.9 Å². The van der Waals surface area contributed by atoms with E-state index in [0.29, 0.717) is 26.0 Å². The van der Waals surface area contributed by atoms with Gasteiger partial charge in [0.25, 0.3) is 11.5 Å². The van der Waals surface area contributed by atoms with Gasteiger partial charge in [0.15, 0.2) is 0 Å². The first-order valence-corrected chi connectivity index (χ1v) is 7.05. The number of aromatic nitrogens is 1. The zero-order valence-corrected chi connectivity index (χ0v) is 12.4. The first-order chi connectivity index (χ1) is 9.94. The van der Waals surface area contributed by atoms with Crippen LogP contribution in [0.5, 0.6) is 0 Å². The molecule has 0 aliphatic rings. The van der Waals surface area contributed by atoms with Crippen LogP contribution in [0.15, 0.2) is 45.8 Å². The summed E-state index contributed by atoms with van der Waals surface area (Å²) < 4.78 is 29.0. The lowest BCUT2D eigenvalue weighted by Gasteiger charge is -2.18. The Bertz CT molecular complexity index is 905. The number of halogens is 3. The van der Waals surface area contributed by atoms with Gasteiger partial charge in [0.2, 0.25) is 0 Å². The van der Waals surface area contributed by atoms with Gasteiger partial charge in [0, 0.05) is 16.2 Å². The highest BCUT2D eigenvalue weighted by Crippen LogP contribution is 2.37. The first kappa shape index (κ1) is 14.2. The fourth-order valence-corrected chi connectivity index (χ4v) is 2.86. The summed E-state index contributed by atoms with van der Waals surface area (Å²) in [4.78, 5) is 14.6. The van der Waals surface area contributed by atoms with E-state index in [-0.39, 0.29) is 11.1 Å². The number of hydrogen-bond acceptors (Lipinski definition) is 2. The SMILES string of the molecule is NCC(F)(F)c1cc2cc[nH]c(=O)c2c2cc(Br)ccc12. The number of hydrogen-bond donors (Lipinski definition) is 2. The molecule has 2 aromatic carbocycles. The van der Waals surface area contributed by atoms with Gasteiger partial charge in [-0.15, -0.1) is 0 Å². The van der Waals surface area contributed by atoms with Crippen molar-refractivity contribution in [2.24, 2.45) is 5.73 Å². The maximum Gasteiger partial charge on any atom is 0.285 e. The van der Waals surface area contributed by atoms with Crippen molar-refractivity contribution >= 4 is 37.5 Å². The molecule has 1 aromatic heterocycles. The van der Waals surface area contributed by atoms with Crippen LogP contribution >= 0.6 is 15.9 Å². The number of H-pyrrole nitrogens is 1. The van der Waals surface area contributed by atoms with Crippen LogP contribution in [-0.4, -0.2) is 11.5 Å². The number of benzene rings is 2. The molecule has 0 aliphatic carbocycles. The van der Waals surface area contributed by atoms with Crippen LogP contribution in [0.25, 0.3) is 21.5 Å². The average Bonchev–Trinajstić information content (AvgIpc) is 2.46. The van der Waals surface area contributed by atoms with E-state index in [1.54, 1.807) is 24.3 Å². The van der Waals surface area contributed by atoms with Crippen molar-refractivity contribution in [1.82, 2.24) is 4.98 Å². The number of pyridine rings is 1. The Kier molecular flexibility index (Phi) is 3.30. The molecule has 108 valence electrons. The van der Waals surface area contributed by atoms with E-state index in [4.69, 9.17) is 5.73 Å². The maximum absolute atomic E-state index is 14.1. The van der Waals surface area contributed by atoms with Gasteiger partial charge in [0.05, 0.1) is 11.9 Å². The van der Waals surface area contributed by atoms with Gasteiger partial charge in [-0.1, -0.05) is 22.0 Å². The van der Waals surface area contributed by atoms with E-state index in [2.05, 4.69) is 20.9 Å². The van der Waals surface area contributed by atoms with Crippen molar-refractivity contribution in [3.8, 4) is 0 Å². The van der Waals surface area contributed by atoms with Gasteiger partial charge in [-0.25, -0.2) is 0 Å². The van der Waals surface area contributed by atoms with Crippen LogP contribution < -0.4 is 11.3 Å². The fraction of sp³-hybridized carbons (Fsp3) is 0.133. The molecular weight excluding hydrogens is 342 g/mol. The van der Waals surface area contributed by atoms with Crippen molar-refractivity contribution in [2.75, 3.05) is 6.54 Å². The van der Waals surface area contributed by atoms with E-state index < -0.39 is 12.5 Å². The topological polar surface area (TPSA) is 58.9 Å². The molecule has 0 aliphatic heterocycles. The highest BCUT2D eigenvalue weighted by Gasteiger charge is 2.32. The largest absolute Gasteiger partial charge is 0.329 e. The molecule has 0 bridgehead atoms. The normalized spacial score (nSPS) is 12.2. The summed E-state index contributed by atoms with van der Waals surface area (Å²) in [5.74, 6) is -3.15. The minimum Gasteiger partial charge on any atom is -0.329 e. The number of aromatic amines is 1. The molecule has 3 aromatic rings. The minimum atomic E-state index is -3.15. The van der Waals surface area contributed by atoms with Gasteiger partial charge >= 0.3 is 0 Å². The number of nitrogens with two attached hydrogens (primary N) is 1. The first-order valence-electron chi connectivity index (χ1n) is 6.26. The summed E-state index contributed by atoms with van der Waals surface area (Å²) >= 11 is 3.31. The predicted octanol–water partition coefficient (Wildman–Crippen LogP) is 3.49. The van der Waals surface area contributed by atoms with Gasteiger partial charge in [0.1, 0.15) is 0 Å². The van der Waals surface area contributed by atoms with Crippen LogP contribution in [0, 0.1) is 0 Å². The van der Waals surface area contributed by atoms with Crippen molar-refractivity contribution in [3.63, 3.8) is 0 Å². The van der Waals surface area contributed by atoms with Crippen molar-refractivity contribution in [1.29, 1.82) is 0 Å². The molecule has 0 saturated heterocycles. The third-order valence-corrected chi connectivity index (χ3v) is 3.98. The molecular formula is C15H11BrF2N2O. The van der Waals surface area contributed by atoms with Crippen LogP contribution in [0.3, 0.4) is 0 Å². The molecule has 0 amide bonds. The number of rotatable bonds is 2.